The first-order valence-corrected chi connectivity index (χ1v) is 3.22. The van der Waals surface area contributed by atoms with Crippen LogP contribution in [0.2, 0.25) is 0 Å². The van der Waals surface area contributed by atoms with Crippen LogP contribution in [0.5, 0.6) is 0 Å². The van der Waals surface area contributed by atoms with Crippen molar-refractivity contribution in [3.8, 4) is 0 Å². The zero-order valence-electron chi connectivity index (χ0n) is 5.88. The summed E-state index contributed by atoms with van der Waals surface area (Å²) in [5.74, 6) is 0. The average Bonchev–Trinajstić information content (AvgIpc) is 2.04. The molecule has 0 heterocycles. The Kier molecular flexibility index (Phi) is 5.22. The minimum absolute atomic E-state index is 0. The van der Waals surface area contributed by atoms with Gasteiger partial charge in [-0.1, -0.05) is 49.6 Å². The van der Waals surface area contributed by atoms with Crippen molar-refractivity contribution in [3.63, 3.8) is 0 Å². The van der Waals surface area contributed by atoms with Crippen LogP contribution in [-0.2, 0) is 0 Å². The Morgan fingerprint density at radius 2 is 1.27 bits per heavy atom. The Labute approximate surface area is 89.9 Å². The Morgan fingerprint density at radius 1 is 0.909 bits per heavy atom. The number of benzene rings is 1. The van der Waals surface area contributed by atoms with Crippen molar-refractivity contribution in [2.75, 3.05) is 0 Å². The van der Waals surface area contributed by atoms with E-state index in [0.717, 1.165) is 11.1 Å². The monoisotopic (exact) mass is 154 g/mol. The van der Waals surface area contributed by atoms with Crippen molar-refractivity contribution in [3.05, 3.63) is 48.6 Å². The average molecular weight is 154 g/mol. The zero-order chi connectivity index (χ0) is 7.40. The fourth-order valence-corrected chi connectivity index (χ4v) is 0.883. The van der Waals surface area contributed by atoms with Gasteiger partial charge in [0.25, 0.3) is 0 Å². The molecule has 11 heavy (non-hydrogen) atoms. The molecule has 52 valence electrons. The van der Waals surface area contributed by atoms with Gasteiger partial charge in [0, 0.05) is 0 Å². The molecule has 0 atom stereocenters. The first kappa shape index (κ1) is 10.7. The molecule has 0 bridgehead atoms. The minimum atomic E-state index is 0. The molecule has 0 aliphatic heterocycles. The van der Waals surface area contributed by atoms with Gasteiger partial charge in [-0.2, -0.15) is 0 Å². The van der Waals surface area contributed by atoms with E-state index in [9.17, 15) is 0 Å². The Balaban J connectivity index is 0.000001000. The quantitative estimate of drug-likeness (QED) is 0.573. The van der Waals surface area contributed by atoms with Crippen LogP contribution in [0.1, 0.15) is 11.1 Å². The van der Waals surface area contributed by atoms with Gasteiger partial charge in [-0.25, -0.2) is 0 Å². The van der Waals surface area contributed by atoms with Crippen LogP contribution in [0, 0.1) is 0 Å². The van der Waals surface area contributed by atoms with Crippen LogP contribution in [-0.4, -0.2) is 29.6 Å². The second-order valence-electron chi connectivity index (χ2n) is 2.04. The molecule has 0 aliphatic rings. The van der Waals surface area contributed by atoms with E-state index < -0.39 is 0 Å². The van der Waals surface area contributed by atoms with Crippen molar-refractivity contribution in [2.45, 2.75) is 0 Å². The predicted octanol–water partition coefficient (Wildman–Crippen LogP) is 2.32. The number of hydrogen-bond acceptors (Lipinski definition) is 0. The topological polar surface area (TPSA) is 0 Å². The van der Waals surface area contributed by atoms with Gasteiger partial charge in [-0.15, -0.1) is 0 Å². The molecular weight excluding hydrogens is 143 g/mol. The van der Waals surface area contributed by atoms with E-state index >= 15 is 0 Å². The molecule has 0 aliphatic carbocycles. The van der Waals surface area contributed by atoms with Gasteiger partial charge in [0.1, 0.15) is 0 Å². The molecule has 0 aromatic heterocycles. The van der Waals surface area contributed by atoms with Crippen molar-refractivity contribution in [1.82, 2.24) is 0 Å². The molecule has 0 unspecified atom stereocenters. The third kappa shape index (κ3) is 2.66. The first-order valence-electron chi connectivity index (χ1n) is 3.22. The SMILES string of the molecule is C=Cc1ccccc1C=C.[NaH]. The van der Waals surface area contributed by atoms with Crippen molar-refractivity contribution in [1.29, 1.82) is 0 Å². The summed E-state index contributed by atoms with van der Waals surface area (Å²) in [7, 11) is 0. The van der Waals surface area contributed by atoms with Crippen LogP contribution in [0.4, 0.5) is 0 Å². The summed E-state index contributed by atoms with van der Waals surface area (Å²) < 4.78 is 0. The fraction of sp³-hybridized carbons (Fsp3) is 0. The van der Waals surface area contributed by atoms with Crippen molar-refractivity contribution >= 4 is 41.7 Å². The van der Waals surface area contributed by atoms with E-state index in [1.54, 1.807) is 0 Å². The van der Waals surface area contributed by atoms with Gasteiger partial charge in [0.15, 0.2) is 0 Å². The molecule has 0 radical (unpaired) electrons. The standard InChI is InChI=1S/C10H10.Na.H/c1-3-9-7-5-6-8-10(9)4-2;;/h3-8H,1-2H2;;. The van der Waals surface area contributed by atoms with E-state index in [1.165, 1.54) is 0 Å². The summed E-state index contributed by atoms with van der Waals surface area (Å²) in [6.07, 6.45) is 3.66. The molecule has 0 N–H and O–H groups in total. The van der Waals surface area contributed by atoms with Crippen LogP contribution >= 0.6 is 0 Å². The van der Waals surface area contributed by atoms with Gasteiger partial charge < -0.3 is 0 Å². The molecule has 0 nitrogen and oxygen atoms in total. The number of hydrogen-bond donors (Lipinski definition) is 0. The van der Waals surface area contributed by atoms with E-state index in [4.69, 9.17) is 0 Å². The third-order valence-corrected chi connectivity index (χ3v) is 1.44. The predicted molar refractivity (Wildman–Crippen MR) is 53.8 cm³/mol. The molecule has 1 heteroatoms. The molecule has 0 saturated carbocycles. The van der Waals surface area contributed by atoms with Crippen molar-refractivity contribution in [2.24, 2.45) is 0 Å². The van der Waals surface area contributed by atoms with Gasteiger partial charge >= 0.3 is 29.6 Å². The normalized spacial score (nSPS) is 8.00. The molecule has 0 fully saturated rings. The molecule has 1 aromatic carbocycles. The van der Waals surface area contributed by atoms with Gasteiger partial charge in [0.2, 0.25) is 0 Å². The van der Waals surface area contributed by atoms with Crippen LogP contribution in [0.3, 0.4) is 0 Å². The maximum atomic E-state index is 3.69. The zero-order valence-corrected chi connectivity index (χ0v) is 5.88. The second kappa shape index (κ2) is 5.36. The van der Waals surface area contributed by atoms with Crippen LogP contribution in [0.25, 0.3) is 12.2 Å². The molecular formula is C10H11Na. The van der Waals surface area contributed by atoms with Crippen molar-refractivity contribution < 1.29 is 0 Å². The molecule has 1 aromatic rings. The second-order valence-corrected chi connectivity index (χ2v) is 2.04. The molecule has 1 rings (SSSR count). The van der Waals surface area contributed by atoms with E-state index in [1.807, 2.05) is 36.4 Å². The third-order valence-electron chi connectivity index (χ3n) is 1.44. The summed E-state index contributed by atoms with van der Waals surface area (Å²) in [6.45, 7) is 7.38. The Morgan fingerprint density at radius 3 is 1.55 bits per heavy atom. The van der Waals surface area contributed by atoms with Gasteiger partial charge in [-0.05, 0) is 11.1 Å². The Bertz CT molecular complexity index is 224. The summed E-state index contributed by atoms with van der Waals surface area (Å²) >= 11 is 0. The summed E-state index contributed by atoms with van der Waals surface area (Å²) in [6, 6.07) is 8.02. The van der Waals surface area contributed by atoms with Gasteiger partial charge in [0.05, 0.1) is 0 Å². The van der Waals surface area contributed by atoms with E-state index in [2.05, 4.69) is 13.2 Å². The van der Waals surface area contributed by atoms with Crippen LogP contribution < -0.4 is 0 Å². The maximum absolute atomic E-state index is 3.69. The van der Waals surface area contributed by atoms with Gasteiger partial charge in [-0.3, -0.25) is 0 Å². The summed E-state index contributed by atoms with van der Waals surface area (Å²) in [5.41, 5.74) is 2.27. The summed E-state index contributed by atoms with van der Waals surface area (Å²) in [4.78, 5) is 0. The van der Waals surface area contributed by atoms with E-state index in [-0.39, 0.29) is 29.6 Å². The first-order chi connectivity index (χ1) is 4.88. The molecule has 0 amide bonds. The van der Waals surface area contributed by atoms with E-state index in [0.29, 0.717) is 0 Å². The number of rotatable bonds is 2. The summed E-state index contributed by atoms with van der Waals surface area (Å²) in [5, 5.41) is 0. The van der Waals surface area contributed by atoms with Crippen LogP contribution in [0.15, 0.2) is 37.4 Å². The Hall–Kier alpha value is -0.300. The fourth-order valence-electron chi connectivity index (χ4n) is 0.883. The molecule has 0 saturated heterocycles. The molecule has 0 spiro atoms.